The number of carbonyl (C=O) groups is 2. The summed E-state index contributed by atoms with van der Waals surface area (Å²) in [6, 6.07) is 15.3. The van der Waals surface area contributed by atoms with Crippen LogP contribution in [0.3, 0.4) is 0 Å². The molecular formula is C20H21BrN2O3. The van der Waals surface area contributed by atoms with E-state index in [1.165, 1.54) is 0 Å². The van der Waals surface area contributed by atoms with E-state index in [0.717, 1.165) is 21.5 Å². The van der Waals surface area contributed by atoms with Crippen molar-refractivity contribution in [2.45, 2.75) is 12.8 Å². The molecule has 0 bridgehead atoms. The number of rotatable bonds is 6. The third kappa shape index (κ3) is 4.07. The standard InChI is InChI=1S/C20H21BrN2O3/c1-26-18-9-5-2-6-14(18)10-11-22-20(25)15-12-19(24)23(13-15)17-8-4-3-7-16(17)21/h2-9,15H,10-13H2,1H3,(H,22,25). The number of methoxy groups -OCH3 is 1. The van der Waals surface area contributed by atoms with E-state index in [-0.39, 0.29) is 24.2 Å². The molecular weight excluding hydrogens is 396 g/mol. The van der Waals surface area contributed by atoms with Gasteiger partial charge in [-0.1, -0.05) is 30.3 Å². The van der Waals surface area contributed by atoms with Crippen LogP contribution in [0.1, 0.15) is 12.0 Å². The van der Waals surface area contributed by atoms with Gasteiger partial charge in [-0.15, -0.1) is 0 Å². The minimum absolute atomic E-state index is 0.0261. The molecule has 1 saturated heterocycles. The van der Waals surface area contributed by atoms with E-state index in [4.69, 9.17) is 4.74 Å². The largest absolute Gasteiger partial charge is 0.496 e. The molecule has 6 heteroatoms. The van der Waals surface area contributed by atoms with Crippen molar-refractivity contribution in [2.75, 3.05) is 25.1 Å². The van der Waals surface area contributed by atoms with Crippen molar-refractivity contribution in [1.82, 2.24) is 5.32 Å². The maximum Gasteiger partial charge on any atom is 0.227 e. The van der Waals surface area contributed by atoms with Gasteiger partial charge in [0.1, 0.15) is 5.75 Å². The molecule has 0 aliphatic carbocycles. The molecule has 2 amide bonds. The van der Waals surface area contributed by atoms with Crippen LogP contribution in [0.4, 0.5) is 5.69 Å². The first-order valence-corrected chi connectivity index (χ1v) is 9.34. The van der Waals surface area contributed by atoms with E-state index in [2.05, 4.69) is 21.2 Å². The lowest BCUT2D eigenvalue weighted by molar-refractivity contribution is -0.126. The average molecular weight is 417 g/mol. The fourth-order valence-electron chi connectivity index (χ4n) is 3.16. The van der Waals surface area contributed by atoms with Crippen LogP contribution in [0.25, 0.3) is 0 Å². The maximum atomic E-state index is 12.5. The van der Waals surface area contributed by atoms with Crippen molar-refractivity contribution < 1.29 is 14.3 Å². The number of nitrogens with zero attached hydrogens (tertiary/aromatic N) is 1. The van der Waals surface area contributed by atoms with Crippen LogP contribution in [-0.2, 0) is 16.0 Å². The van der Waals surface area contributed by atoms with Gasteiger partial charge in [-0.2, -0.15) is 0 Å². The lowest BCUT2D eigenvalue weighted by Crippen LogP contribution is -2.34. The number of amides is 2. The second-order valence-electron chi connectivity index (χ2n) is 6.21. The van der Waals surface area contributed by atoms with Crippen LogP contribution in [0.5, 0.6) is 5.75 Å². The Morgan fingerprint density at radius 2 is 1.96 bits per heavy atom. The monoisotopic (exact) mass is 416 g/mol. The molecule has 1 unspecified atom stereocenters. The number of hydrogen-bond acceptors (Lipinski definition) is 3. The van der Waals surface area contributed by atoms with Crippen molar-refractivity contribution >= 4 is 33.4 Å². The Labute approximate surface area is 161 Å². The van der Waals surface area contributed by atoms with Gasteiger partial charge in [0.25, 0.3) is 0 Å². The van der Waals surface area contributed by atoms with Gasteiger partial charge in [-0.3, -0.25) is 9.59 Å². The Kier molecular flexibility index (Phi) is 5.93. The van der Waals surface area contributed by atoms with Gasteiger partial charge < -0.3 is 15.0 Å². The zero-order chi connectivity index (χ0) is 18.5. The summed E-state index contributed by atoms with van der Waals surface area (Å²) in [5.74, 6) is 0.384. The lowest BCUT2D eigenvalue weighted by Gasteiger charge is -2.18. The highest BCUT2D eigenvalue weighted by Gasteiger charge is 2.35. The van der Waals surface area contributed by atoms with Gasteiger partial charge in [0.15, 0.2) is 0 Å². The van der Waals surface area contributed by atoms with Crippen LogP contribution >= 0.6 is 15.9 Å². The Balaban J connectivity index is 1.56. The molecule has 1 atom stereocenters. The second kappa shape index (κ2) is 8.36. The fourth-order valence-corrected chi connectivity index (χ4v) is 3.66. The molecule has 1 aliphatic rings. The molecule has 26 heavy (non-hydrogen) atoms. The quantitative estimate of drug-likeness (QED) is 0.786. The van der Waals surface area contributed by atoms with Gasteiger partial charge in [0, 0.05) is 24.0 Å². The Bertz CT molecular complexity index is 809. The summed E-state index contributed by atoms with van der Waals surface area (Å²) in [6.45, 7) is 0.918. The first-order valence-electron chi connectivity index (χ1n) is 8.54. The molecule has 0 radical (unpaired) electrons. The van der Waals surface area contributed by atoms with Gasteiger partial charge in [-0.25, -0.2) is 0 Å². The number of halogens is 1. The summed E-state index contributed by atoms with van der Waals surface area (Å²) >= 11 is 3.47. The van der Waals surface area contributed by atoms with Crippen molar-refractivity contribution in [2.24, 2.45) is 5.92 Å². The van der Waals surface area contributed by atoms with E-state index in [1.807, 2.05) is 48.5 Å². The summed E-state index contributed by atoms with van der Waals surface area (Å²) in [5, 5.41) is 2.95. The Morgan fingerprint density at radius 3 is 2.73 bits per heavy atom. The molecule has 1 aliphatic heterocycles. The molecule has 0 aromatic heterocycles. The van der Waals surface area contributed by atoms with E-state index < -0.39 is 0 Å². The summed E-state index contributed by atoms with van der Waals surface area (Å²) < 4.78 is 6.17. The topological polar surface area (TPSA) is 58.6 Å². The third-order valence-corrected chi connectivity index (χ3v) is 5.20. The highest BCUT2D eigenvalue weighted by Crippen LogP contribution is 2.31. The third-order valence-electron chi connectivity index (χ3n) is 4.53. The van der Waals surface area contributed by atoms with E-state index in [0.29, 0.717) is 19.5 Å². The van der Waals surface area contributed by atoms with Gasteiger partial charge in [-0.05, 0) is 46.1 Å². The predicted molar refractivity (Wildman–Crippen MR) is 104 cm³/mol. The Morgan fingerprint density at radius 1 is 1.23 bits per heavy atom. The number of anilines is 1. The minimum Gasteiger partial charge on any atom is -0.496 e. The normalized spacial score (nSPS) is 16.6. The van der Waals surface area contributed by atoms with Crippen LogP contribution in [0.2, 0.25) is 0 Å². The van der Waals surface area contributed by atoms with Crippen LogP contribution < -0.4 is 15.0 Å². The SMILES string of the molecule is COc1ccccc1CCNC(=O)C1CC(=O)N(c2ccccc2Br)C1. The smallest absolute Gasteiger partial charge is 0.227 e. The van der Waals surface area contributed by atoms with Gasteiger partial charge in [0.2, 0.25) is 11.8 Å². The van der Waals surface area contributed by atoms with Gasteiger partial charge >= 0.3 is 0 Å². The zero-order valence-corrected chi connectivity index (χ0v) is 16.2. The first kappa shape index (κ1) is 18.5. The number of hydrogen-bond donors (Lipinski definition) is 1. The predicted octanol–water partition coefficient (Wildman–Crippen LogP) is 3.17. The fraction of sp³-hybridized carbons (Fsp3) is 0.300. The van der Waals surface area contributed by atoms with Crippen molar-refractivity contribution in [3.05, 3.63) is 58.6 Å². The molecule has 0 saturated carbocycles. The van der Waals surface area contributed by atoms with Crippen LogP contribution in [0.15, 0.2) is 53.0 Å². The molecule has 0 spiro atoms. The summed E-state index contributed by atoms with van der Waals surface area (Å²) in [4.78, 5) is 26.5. The first-order chi connectivity index (χ1) is 12.6. The van der Waals surface area contributed by atoms with E-state index >= 15 is 0 Å². The summed E-state index contributed by atoms with van der Waals surface area (Å²) in [6.07, 6.45) is 0.923. The van der Waals surface area contributed by atoms with Gasteiger partial charge in [0.05, 0.1) is 18.7 Å². The molecule has 3 rings (SSSR count). The molecule has 5 nitrogen and oxygen atoms in total. The van der Waals surface area contributed by atoms with E-state index in [1.54, 1.807) is 12.0 Å². The molecule has 1 fully saturated rings. The van der Waals surface area contributed by atoms with Crippen LogP contribution in [-0.4, -0.2) is 32.0 Å². The zero-order valence-electron chi connectivity index (χ0n) is 14.6. The van der Waals surface area contributed by atoms with Crippen molar-refractivity contribution in [3.63, 3.8) is 0 Å². The maximum absolute atomic E-state index is 12.5. The molecule has 2 aromatic rings. The van der Waals surface area contributed by atoms with E-state index in [9.17, 15) is 9.59 Å². The number of carbonyl (C=O) groups excluding carboxylic acids is 2. The van der Waals surface area contributed by atoms with Crippen molar-refractivity contribution in [1.29, 1.82) is 0 Å². The number of ether oxygens (including phenoxy) is 1. The number of benzene rings is 2. The molecule has 1 heterocycles. The number of nitrogens with one attached hydrogen (secondary N) is 1. The van der Waals surface area contributed by atoms with Crippen molar-refractivity contribution in [3.8, 4) is 5.75 Å². The van der Waals surface area contributed by atoms with Crippen LogP contribution in [0, 0.1) is 5.92 Å². The lowest BCUT2D eigenvalue weighted by atomic mass is 10.1. The molecule has 1 N–H and O–H groups in total. The minimum atomic E-state index is -0.327. The highest BCUT2D eigenvalue weighted by atomic mass is 79.9. The summed E-state index contributed by atoms with van der Waals surface area (Å²) in [5.41, 5.74) is 1.86. The second-order valence-corrected chi connectivity index (χ2v) is 7.06. The Hall–Kier alpha value is -2.34. The highest BCUT2D eigenvalue weighted by molar-refractivity contribution is 9.10. The molecule has 2 aromatic carbocycles. The average Bonchev–Trinajstić information content (AvgIpc) is 3.04. The molecule has 136 valence electrons. The number of para-hydroxylation sites is 2. The summed E-state index contributed by atoms with van der Waals surface area (Å²) in [7, 11) is 1.64.